The summed E-state index contributed by atoms with van der Waals surface area (Å²) in [5.41, 5.74) is 5.32. The van der Waals surface area contributed by atoms with Crippen molar-refractivity contribution in [2.45, 2.75) is 69.9 Å². The monoisotopic (exact) mass is 268 g/mol. The minimum absolute atomic E-state index is 0.220. The zero-order valence-electron chi connectivity index (χ0n) is 11.9. The van der Waals surface area contributed by atoms with Crippen molar-refractivity contribution in [3.8, 4) is 0 Å². The maximum Gasteiger partial charge on any atom is 0.218 e. The third-order valence-electron chi connectivity index (χ3n) is 4.71. The lowest BCUT2D eigenvalue weighted by Gasteiger charge is -2.36. The number of hydrogen-bond acceptors (Lipinski definition) is 3. The molecular formula is C15H28N2O2. The van der Waals surface area contributed by atoms with Crippen molar-refractivity contribution in [2.24, 2.45) is 11.7 Å². The molecule has 2 atom stereocenters. The number of nitrogens with zero attached hydrogens (tertiary/aromatic N) is 1. The SMILES string of the molecule is NC(=O)C[C@@H]1CCCCN1C[C@@H](O)CC1CCCC1. The number of primary amides is 1. The molecule has 2 aliphatic rings. The van der Waals surface area contributed by atoms with Crippen LogP contribution in [0.15, 0.2) is 0 Å². The van der Waals surface area contributed by atoms with E-state index in [1.807, 2.05) is 0 Å². The Morgan fingerprint density at radius 3 is 2.58 bits per heavy atom. The van der Waals surface area contributed by atoms with Gasteiger partial charge in [0.1, 0.15) is 0 Å². The second kappa shape index (κ2) is 7.25. The number of piperidine rings is 1. The van der Waals surface area contributed by atoms with Crippen LogP contribution in [0, 0.1) is 5.92 Å². The second-order valence-corrected chi connectivity index (χ2v) is 6.35. The summed E-state index contributed by atoms with van der Waals surface area (Å²) in [7, 11) is 0. The number of nitrogens with two attached hydrogens (primary N) is 1. The molecule has 1 amide bonds. The number of β-amino-alcohol motifs (C(OH)–C–C–N with tert-alkyl or cyclic N) is 1. The van der Waals surface area contributed by atoms with Crippen LogP contribution in [0.25, 0.3) is 0 Å². The third kappa shape index (κ3) is 4.77. The van der Waals surface area contributed by atoms with Gasteiger partial charge in [0.15, 0.2) is 0 Å². The van der Waals surface area contributed by atoms with Crippen LogP contribution < -0.4 is 5.73 Å². The van der Waals surface area contributed by atoms with Gasteiger partial charge in [-0.3, -0.25) is 9.69 Å². The summed E-state index contributed by atoms with van der Waals surface area (Å²) >= 11 is 0. The Hall–Kier alpha value is -0.610. The minimum atomic E-state index is -0.239. The average molecular weight is 268 g/mol. The van der Waals surface area contributed by atoms with Crippen LogP contribution in [0.5, 0.6) is 0 Å². The Morgan fingerprint density at radius 1 is 1.21 bits per heavy atom. The van der Waals surface area contributed by atoms with Crippen LogP contribution in [-0.2, 0) is 4.79 Å². The molecule has 1 aliphatic heterocycles. The van der Waals surface area contributed by atoms with E-state index in [0.717, 1.165) is 25.3 Å². The van der Waals surface area contributed by atoms with Crippen LogP contribution in [0.3, 0.4) is 0 Å². The van der Waals surface area contributed by atoms with E-state index in [1.54, 1.807) is 0 Å². The number of aliphatic hydroxyl groups is 1. The molecule has 0 spiro atoms. The number of hydrogen-bond donors (Lipinski definition) is 2. The standard InChI is InChI=1S/C15H28N2O2/c16-15(19)10-13-7-3-4-8-17(13)11-14(18)9-12-5-1-2-6-12/h12-14,18H,1-11H2,(H2,16,19)/t13-,14-/m0/s1. The van der Waals surface area contributed by atoms with Crippen molar-refractivity contribution in [3.05, 3.63) is 0 Å². The Kier molecular flexibility index (Phi) is 5.64. The summed E-state index contributed by atoms with van der Waals surface area (Å²) < 4.78 is 0. The van der Waals surface area contributed by atoms with E-state index in [1.165, 1.54) is 38.5 Å². The molecule has 3 N–H and O–H groups in total. The molecule has 4 nitrogen and oxygen atoms in total. The van der Waals surface area contributed by atoms with Crippen molar-refractivity contribution in [2.75, 3.05) is 13.1 Å². The van der Waals surface area contributed by atoms with Gasteiger partial charge in [-0.25, -0.2) is 0 Å². The average Bonchev–Trinajstić information content (AvgIpc) is 2.83. The molecule has 19 heavy (non-hydrogen) atoms. The number of carbonyl (C=O) groups excluding carboxylic acids is 1. The number of carbonyl (C=O) groups is 1. The zero-order chi connectivity index (χ0) is 13.7. The van der Waals surface area contributed by atoms with Gasteiger partial charge in [0.05, 0.1) is 6.10 Å². The lowest BCUT2D eigenvalue weighted by molar-refractivity contribution is -0.119. The summed E-state index contributed by atoms with van der Waals surface area (Å²) in [6.45, 7) is 1.72. The predicted molar refractivity (Wildman–Crippen MR) is 75.6 cm³/mol. The number of likely N-dealkylation sites (tertiary alicyclic amines) is 1. The van der Waals surface area contributed by atoms with Gasteiger partial charge in [0, 0.05) is 19.0 Å². The molecule has 1 heterocycles. The van der Waals surface area contributed by atoms with Crippen molar-refractivity contribution < 1.29 is 9.90 Å². The van der Waals surface area contributed by atoms with E-state index in [2.05, 4.69) is 4.90 Å². The fourth-order valence-corrected chi connectivity index (χ4v) is 3.74. The van der Waals surface area contributed by atoms with Crippen LogP contribution in [0.1, 0.15) is 57.8 Å². The fraction of sp³-hybridized carbons (Fsp3) is 0.933. The van der Waals surface area contributed by atoms with E-state index in [0.29, 0.717) is 13.0 Å². The van der Waals surface area contributed by atoms with E-state index in [4.69, 9.17) is 5.73 Å². The lowest BCUT2D eigenvalue weighted by Crippen LogP contribution is -2.45. The molecule has 2 rings (SSSR count). The normalized spacial score (nSPS) is 27.5. The van der Waals surface area contributed by atoms with E-state index < -0.39 is 0 Å². The van der Waals surface area contributed by atoms with Crippen molar-refractivity contribution in [3.63, 3.8) is 0 Å². The quantitative estimate of drug-likeness (QED) is 0.770. The molecular weight excluding hydrogens is 240 g/mol. The number of aliphatic hydroxyl groups excluding tert-OH is 1. The maximum absolute atomic E-state index is 11.1. The Labute approximate surface area is 116 Å². The van der Waals surface area contributed by atoms with Gasteiger partial charge >= 0.3 is 0 Å². The Bertz CT molecular complexity index is 290. The van der Waals surface area contributed by atoms with Gasteiger partial charge in [-0.2, -0.15) is 0 Å². The van der Waals surface area contributed by atoms with E-state index >= 15 is 0 Å². The first-order valence-corrected chi connectivity index (χ1v) is 7.85. The molecule has 2 fully saturated rings. The van der Waals surface area contributed by atoms with Gasteiger partial charge in [-0.1, -0.05) is 32.1 Å². The smallest absolute Gasteiger partial charge is 0.218 e. The Balaban J connectivity index is 1.78. The summed E-state index contributed by atoms with van der Waals surface area (Å²) in [6, 6.07) is 0.254. The highest BCUT2D eigenvalue weighted by Crippen LogP contribution is 2.29. The lowest BCUT2D eigenvalue weighted by atomic mass is 9.96. The molecule has 1 saturated heterocycles. The first-order valence-electron chi connectivity index (χ1n) is 7.85. The fourth-order valence-electron chi connectivity index (χ4n) is 3.74. The topological polar surface area (TPSA) is 66.6 Å². The first-order chi connectivity index (χ1) is 9.15. The summed E-state index contributed by atoms with van der Waals surface area (Å²) in [4.78, 5) is 13.4. The Morgan fingerprint density at radius 2 is 1.89 bits per heavy atom. The summed E-state index contributed by atoms with van der Waals surface area (Å²) in [5.74, 6) is 0.497. The first kappa shape index (κ1) is 14.8. The zero-order valence-corrected chi connectivity index (χ0v) is 11.9. The predicted octanol–water partition coefficient (Wildman–Crippen LogP) is 1.66. The van der Waals surface area contributed by atoms with Crippen LogP contribution in [0.4, 0.5) is 0 Å². The van der Waals surface area contributed by atoms with Gasteiger partial charge in [0.25, 0.3) is 0 Å². The van der Waals surface area contributed by atoms with Crippen LogP contribution >= 0.6 is 0 Å². The highest BCUT2D eigenvalue weighted by molar-refractivity contribution is 5.74. The molecule has 0 aromatic carbocycles. The van der Waals surface area contributed by atoms with E-state index in [-0.39, 0.29) is 18.1 Å². The highest BCUT2D eigenvalue weighted by atomic mass is 16.3. The molecule has 0 aromatic heterocycles. The van der Waals surface area contributed by atoms with Crippen molar-refractivity contribution in [1.29, 1.82) is 0 Å². The van der Waals surface area contributed by atoms with Crippen LogP contribution in [-0.4, -0.2) is 41.1 Å². The van der Waals surface area contributed by atoms with Crippen molar-refractivity contribution >= 4 is 5.91 Å². The van der Waals surface area contributed by atoms with Gasteiger partial charge in [-0.05, 0) is 31.7 Å². The molecule has 1 aliphatic carbocycles. The third-order valence-corrected chi connectivity index (χ3v) is 4.71. The summed E-state index contributed by atoms with van der Waals surface area (Å²) in [5, 5.41) is 10.3. The number of amides is 1. The number of rotatable bonds is 6. The molecule has 4 heteroatoms. The summed E-state index contributed by atoms with van der Waals surface area (Å²) in [6.07, 6.45) is 9.73. The molecule has 0 aromatic rings. The largest absolute Gasteiger partial charge is 0.392 e. The maximum atomic E-state index is 11.1. The molecule has 0 unspecified atom stereocenters. The minimum Gasteiger partial charge on any atom is -0.392 e. The molecule has 1 saturated carbocycles. The van der Waals surface area contributed by atoms with Crippen molar-refractivity contribution in [1.82, 2.24) is 4.90 Å². The molecule has 110 valence electrons. The van der Waals surface area contributed by atoms with E-state index in [9.17, 15) is 9.90 Å². The highest BCUT2D eigenvalue weighted by Gasteiger charge is 2.27. The van der Waals surface area contributed by atoms with Gasteiger partial charge < -0.3 is 10.8 Å². The second-order valence-electron chi connectivity index (χ2n) is 6.35. The van der Waals surface area contributed by atoms with Crippen LogP contribution in [0.2, 0.25) is 0 Å². The van der Waals surface area contributed by atoms with Gasteiger partial charge in [0.2, 0.25) is 5.91 Å². The van der Waals surface area contributed by atoms with Gasteiger partial charge in [-0.15, -0.1) is 0 Å². The molecule has 0 radical (unpaired) electrons. The molecule has 0 bridgehead atoms.